The predicted molar refractivity (Wildman–Crippen MR) is 72.8 cm³/mol. The molecule has 1 amide bonds. The molecule has 1 saturated heterocycles. The Morgan fingerprint density at radius 2 is 2.25 bits per heavy atom. The SMILES string of the molecule is COC(=O)c1ccc(CN2CCCCC2C(N)=O)nc1. The van der Waals surface area contributed by atoms with Crippen LogP contribution in [-0.4, -0.2) is 41.5 Å². The van der Waals surface area contributed by atoms with E-state index in [0.717, 1.165) is 31.5 Å². The van der Waals surface area contributed by atoms with Crippen LogP contribution in [0.4, 0.5) is 0 Å². The summed E-state index contributed by atoms with van der Waals surface area (Å²) in [4.78, 5) is 29.0. The maximum atomic E-state index is 11.4. The molecule has 2 heterocycles. The fourth-order valence-corrected chi connectivity index (χ4v) is 2.47. The van der Waals surface area contributed by atoms with Crippen molar-refractivity contribution in [3.8, 4) is 0 Å². The van der Waals surface area contributed by atoms with E-state index in [0.29, 0.717) is 12.1 Å². The summed E-state index contributed by atoms with van der Waals surface area (Å²) in [5, 5.41) is 0. The van der Waals surface area contributed by atoms with E-state index in [1.807, 2.05) is 4.90 Å². The summed E-state index contributed by atoms with van der Waals surface area (Å²) < 4.78 is 4.62. The van der Waals surface area contributed by atoms with Gasteiger partial charge in [-0.15, -0.1) is 0 Å². The molecule has 1 aliphatic rings. The van der Waals surface area contributed by atoms with E-state index in [1.54, 1.807) is 12.1 Å². The van der Waals surface area contributed by atoms with E-state index >= 15 is 0 Å². The van der Waals surface area contributed by atoms with E-state index < -0.39 is 5.97 Å². The van der Waals surface area contributed by atoms with Gasteiger partial charge < -0.3 is 10.5 Å². The maximum absolute atomic E-state index is 11.4. The number of primary amides is 1. The lowest BCUT2D eigenvalue weighted by molar-refractivity contribution is -0.124. The fourth-order valence-electron chi connectivity index (χ4n) is 2.47. The van der Waals surface area contributed by atoms with Gasteiger partial charge in [0.05, 0.1) is 24.4 Å². The van der Waals surface area contributed by atoms with Crippen molar-refractivity contribution < 1.29 is 14.3 Å². The van der Waals surface area contributed by atoms with Gasteiger partial charge >= 0.3 is 5.97 Å². The molecule has 0 bridgehead atoms. The molecule has 0 aromatic carbocycles. The highest BCUT2D eigenvalue weighted by Crippen LogP contribution is 2.19. The predicted octanol–water partition coefficient (Wildman–Crippen LogP) is 0.708. The molecule has 0 aliphatic carbocycles. The molecule has 1 unspecified atom stereocenters. The fraction of sp³-hybridized carbons (Fsp3) is 0.500. The Hall–Kier alpha value is -1.95. The number of pyridine rings is 1. The van der Waals surface area contributed by atoms with E-state index in [9.17, 15) is 9.59 Å². The topological polar surface area (TPSA) is 85.5 Å². The zero-order valence-electron chi connectivity index (χ0n) is 11.5. The second-order valence-electron chi connectivity index (χ2n) is 4.91. The summed E-state index contributed by atoms with van der Waals surface area (Å²) in [6, 6.07) is 3.24. The zero-order valence-corrected chi connectivity index (χ0v) is 11.5. The van der Waals surface area contributed by atoms with Crippen LogP contribution in [0.3, 0.4) is 0 Å². The first-order chi connectivity index (χ1) is 9.61. The van der Waals surface area contributed by atoms with Crippen molar-refractivity contribution in [1.29, 1.82) is 0 Å². The third kappa shape index (κ3) is 3.33. The third-order valence-corrected chi connectivity index (χ3v) is 3.55. The van der Waals surface area contributed by atoms with E-state index in [2.05, 4.69) is 9.72 Å². The first kappa shape index (κ1) is 14.5. The molecule has 2 rings (SSSR count). The molecule has 1 fully saturated rings. The maximum Gasteiger partial charge on any atom is 0.339 e. The minimum atomic E-state index is -0.406. The van der Waals surface area contributed by atoms with Gasteiger partial charge in [0.2, 0.25) is 5.91 Å². The Balaban J connectivity index is 2.05. The second-order valence-corrected chi connectivity index (χ2v) is 4.91. The molecule has 0 saturated carbocycles. The van der Waals surface area contributed by atoms with Gasteiger partial charge in [-0.05, 0) is 31.5 Å². The van der Waals surface area contributed by atoms with Crippen LogP contribution >= 0.6 is 0 Å². The Bertz CT molecular complexity index is 487. The molecule has 6 heteroatoms. The Morgan fingerprint density at radius 3 is 2.85 bits per heavy atom. The minimum absolute atomic E-state index is 0.217. The van der Waals surface area contributed by atoms with Gasteiger partial charge in [-0.2, -0.15) is 0 Å². The van der Waals surface area contributed by atoms with Crippen molar-refractivity contribution in [2.75, 3.05) is 13.7 Å². The number of ether oxygens (including phenoxy) is 1. The number of esters is 1. The lowest BCUT2D eigenvalue weighted by atomic mass is 10.0. The highest BCUT2D eigenvalue weighted by atomic mass is 16.5. The Morgan fingerprint density at radius 1 is 1.45 bits per heavy atom. The minimum Gasteiger partial charge on any atom is -0.465 e. The molecule has 20 heavy (non-hydrogen) atoms. The van der Waals surface area contributed by atoms with Crippen LogP contribution in [-0.2, 0) is 16.1 Å². The molecule has 1 aromatic heterocycles. The summed E-state index contributed by atoms with van der Waals surface area (Å²) in [5.41, 5.74) is 6.66. The van der Waals surface area contributed by atoms with Crippen molar-refractivity contribution in [1.82, 2.24) is 9.88 Å². The second kappa shape index (κ2) is 6.47. The lowest BCUT2D eigenvalue weighted by Gasteiger charge is -2.33. The van der Waals surface area contributed by atoms with Crippen LogP contribution in [0.1, 0.15) is 35.3 Å². The Labute approximate surface area is 117 Å². The number of amides is 1. The van der Waals surface area contributed by atoms with Gasteiger partial charge in [-0.3, -0.25) is 14.7 Å². The summed E-state index contributed by atoms with van der Waals surface area (Å²) in [6.45, 7) is 1.41. The number of rotatable bonds is 4. The van der Waals surface area contributed by atoms with Crippen molar-refractivity contribution in [2.24, 2.45) is 5.73 Å². The molecule has 1 aromatic rings. The van der Waals surface area contributed by atoms with Gasteiger partial charge in [0.1, 0.15) is 0 Å². The van der Waals surface area contributed by atoms with Crippen LogP contribution in [0.2, 0.25) is 0 Å². The number of hydrogen-bond donors (Lipinski definition) is 1. The molecule has 0 radical (unpaired) electrons. The summed E-state index contributed by atoms with van der Waals surface area (Å²) in [6.07, 6.45) is 4.38. The van der Waals surface area contributed by atoms with Gasteiger partial charge in [0.25, 0.3) is 0 Å². The monoisotopic (exact) mass is 277 g/mol. The Kier molecular flexibility index (Phi) is 4.68. The normalized spacial score (nSPS) is 19.6. The van der Waals surface area contributed by atoms with Gasteiger partial charge in [-0.25, -0.2) is 4.79 Å². The highest BCUT2D eigenvalue weighted by Gasteiger charge is 2.27. The average molecular weight is 277 g/mol. The number of methoxy groups -OCH3 is 1. The molecular weight excluding hydrogens is 258 g/mol. The summed E-state index contributed by atoms with van der Waals surface area (Å²) in [7, 11) is 1.33. The quantitative estimate of drug-likeness (QED) is 0.819. The molecule has 2 N–H and O–H groups in total. The molecule has 0 spiro atoms. The van der Waals surface area contributed by atoms with Crippen molar-refractivity contribution >= 4 is 11.9 Å². The molecule has 1 aliphatic heterocycles. The number of piperidine rings is 1. The first-order valence-corrected chi connectivity index (χ1v) is 6.68. The van der Waals surface area contributed by atoms with Crippen LogP contribution in [0.15, 0.2) is 18.3 Å². The number of carbonyl (C=O) groups excluding carboxylic acids is 2. The van der Waals surface area contributed by atoms with Crippen LogP contribution in [0.25, 0.3) is 0 Å². The van der Waals surface area contributed by atoms with Crippen LogP contribution in [0.5, 0.6) is 0 Å². The van der Waals surface area contributed by atoms with Gasteiger partial charge in [0, 0.05) is 12.7 Å². The van der Waals surface area contributed by atoms with Gasteiger partial charge in [0.15, 0.2) is 0 Å². The summed E-state index contributed by atoms with van der Waals surface area (Å²) in [5.74, 6) is -0.687. The molecule has 6 nitrogen and oxygen atoms in total. The largest absolute Gasteiger partial charge is 0.465 e. The van der Waals surface area contributed by atoms with Crippen LogP contribution < -0.4 is 5.73 Å². The third-order valence-electron chi connectivity index (χ3n) is 3.55. The number of carbonyl (C=O) groups is 2. The number of aromatic nitrogens is 1. The molecular formula is C14H19N3O3. The summed E-state index contributed by atoms with van der Waals surface area (Å²) >= 11 is 0. The standard InChI is InChI=1S/C14H19N3O3/c1-20-14(19)10-5-6-11(16-8-10)9-17-7-3-2-4-12(17)13(15)18/h5-6,8,12H,2-4,7,9H2,1H3,(H2,15,18). The van der Waals surface area contributed by atoms with Crippen molar-refractivity contribution in [3.05, 3.63) is 29.6 Å². The van der Waals surface area contributed by atoms with Crippen LogP contribution in [0, 0.1) is 0 Å². The smallest absolute Gasteiger partial charge is 0.339 e. The zero-order chi connectivity index (χ0) is 14.5. The number of nitrogens with two attached hydrogens (primary N) is 1. The highest BCUT2D eigenvalue weighted by molar-refractivity contribution is 5.88. The van der Waals surface area contributed by atoms with E-state index in [-0.39, 0.29) is 11.9 Å². The first-order valence-electron chi connectivity index (χ1n) is 6.68. The lowest BCUT2D eigenvalue weighted by Crippen LogP contribution is -2.47. The molecule has 108 valence electrons. The van der Waals surface area contributed by atoms with E-state index in [4.69, 9.17) is 5.73 Å². The van der Waals surface area contributed by atoms with E-state index in [1.165, 1.54) is 13.3 Å². The average Bonchev–Trinajstić information content (AvgIpc) is 2.47. The number of hydrogen-bond acceptors (Lipinski definition) is 5. The van der Waals surface area contributed by atoms with Crippen molar-refractivity contribution in [3.63, 3.8) is 0 Å². The number of nitrogens with zero attached hydrogens (tertiary/aromatic N) is 2. The van der Waals surface area contributed by atoms with Gasteiger partial charge in [-0.1, -0.05) is 6.42 Å². The number of likely N-dealkylation sites (tertiary alicyclic amines) is 1. The molecule has 1 atom stereocenters. The van der Waals surface area contributed by atoms with Crippen molar-refractivity contribution in [2.45, 2.75) is 31.8 Å².